The number of nitrogens with zero attached hydrogens (tertiary/aromatic N) is 2. The number of hydrogen-bond donors (Lipinski definition) is 1. The van der Waals surface area contributed by atoms with Crippen LogP contribution in [0.5, 0.6) is 0 Å². The van der Waals surface area contributed by atoms with Crippen LogP contribution in [0, 0.1) is 6.92 Å². The summed E-state index contributed by atoms with van der Waals surface area (Å²) in [4.78, 5) is 4.97. The fraction of sp³-hybridized carbons (Fsp3) is 0.647. The molecule has 2 aliphatic rings. The number of benzene rings is 1. The second-order valence-corrected chi connectivity index (χ2v) is 6.41. The highest BCUT2D eigenvalue weighted by atomic mass is 15.2. The third-order valence-corrected chi connectivity index (χ3v) is 4.57. The minimum atomic E-state index is 0.787. The Morgan fingerprint density at radius 2 is 2.00 bits per heavy atom. The number of aryl methyl sites for hydroxylation is 1. The van der Waals surface area contributed by atoms with Gasteiger partial charge in [0.15, 0.2) is 0 Å². The molecule has 1 N–H and O–H groups in total. The van der Waals surface area contributed by atoms with Crippen LogP contribution in [-0.4, -0.2) is 44.2 Å². The predicted octanol–water partition coefficient (Wildman–Crippen LogP) is 2.39. The minimum absolute atomic E-state index is 0.787. The molecular weight excluding hydrogens is 246 g/mol. The van der Waals surface area contributed by atoms with Crippen LogP contribution in [-0.2, 0) is 6.54 Å². The van der Waals surface area contributed by atoms with Crippen LogP contribution in [0.3, 0.4) is 0 Å². The largest absolute Gasteiger partial charge is 0.370 e. The second-order valence-electron chi connectivity index (χ2n) is 6.41. The van der Waals surface area contributed by atoms with Gasteiger partial charge in [0.1, 0.15) is 0 Å². The van der Waals surface area contributed by atoms with Gasteiger partial charge in [-0.25, -0.2) is 0 Å². The highest BCUT2D eigenvalue weighted by Gasteiger charge is 2.20. The van der Waals surface area contributed by atoms with E-state index in [0.29, 0.717) is 0 Å². The maximum absolute atomic E-state index is 3.61. The lowest BCUT2D eigenvalue weighted by Crippen LogP contribution is -2.28. The normalized spacial score (nSPS) is 21.0. The maximum Gasteiger partial charge on any atom is 0.0369 e. The van der Waals surface area contributed by atoms with E-state index >= 15 is 0 Å². The van der Waals surface area contributed by atoms with Crippen LogP contribution in [0.25, 0.3) is 0 Å². The summed E-state index contributed by atoms with van der Waals surface area (Å²) in [5.74, 6) is 0. The van der Waals surface area contributed by atoms with Gasteiger partial charge in [-0.05, 0) is 63.0 Å². The van der Waals surface area contributed by atoms with Gasteiger partial charge in [-0.15, -0.1) is 0 Å². The van der Waals surface area contributed by atoms with Crippen LogP contribution < -0.4 is 10.2 Å². The molecule has 0 amide bonds. The summed E-state index contributed by atoms with van der Waals surface area (Å²) in [6.07, 6.45) is 3.98. The van der Waals surface area contributed by atoms with Crippen LogP contribution in [0.4, 0.5) is 5.69 Å². The molecule has 1 aromatic rings. The number of likely N-dealkylation sites (N-methyl/N-ethyl adjacent to an activating group) is 1. The van der Waals surface area contributed by atoms with Gasteiger partial charge in [0.25, 0.3) is 0 Å². The molecule has 1 aliphatic carbocycles. The SMILES string of the molecule is Cc1cc(N2CCCN(C)CC2)ccc1CNC1CC1. The fourth-order valence-electron chi connectivity index (χ4n) is 2.92. The van der Waals surface area contributed by atoms with Crippen LogP contribution in [0.15, 0.2) is 18.2 Å². The Morgan fingerprint density at radius 1 is 1.15 bits per heavy atom. The first kappa shape index (κ1) is 13.9. The molecule has 1 aliphatic heterocycles. The summed E-state index contributed by atoms with van der Waals surface area (Å²) in [6.45, 7) is 8.00. The molecule has 0 radical (unpaired) electrons. The second kappa shape index (κ2) is 6.15. The maximum atomic E-state index is 3.61. The Bertz CT molecular complexity index is 454. The summed E-state index contributed by atoms with van der Waals surface area (Å²) in [6, 6.07) is 7.78. The molecule has 0 spiro atoms. The molecule has 2 fully saturated rings. The summed E-state index contributed by atoms with van der Waals surface area (Å²) in [5.41, 5.74) is 4.27. The monoisotopic (exact) mass is 273 g/mol. The Labute approximate surface area is 123 Å². The quantitative estimate of drug-likeness (QED) is 0.909. The highest BCUT2D eigenvalue weighted by molar-refractivity contribution is 5.51. The van der Waals surface area contributed by atoms with E-state index in [4.69, 9.17) is 0 Å². The first-order chi connectivity index (χ1) is 9.72. The van der Waals surface area contributed by atoms with Crippen molar-refractivity contribution in [3.8, 4) is 0 Å². The molecule has 3 heteroatoms. The van der Waals surface area contributed by atoms with Crippen molar-refractivity contribution in [2.45, 2.75) is 38.8 Å². The lowest BCUT2D eigenvalue weighted by Gasteiger charge is -2.24. The topological polar surface area (TPSA) is 18.5 Å². The molecule has 0 atom stereocenters. The van der Waals surface area contributed by atoms with E-state index in [0.717, 1.165) is 19.1 Å². The molecule has 1 heterocycles. The lowest BCUT2D eigenvalue weighted by molar-refractivity contribution is 0.360. The first-order valence-corrected chi connectivity index (χ1v) is 7.99. The average molecular weight is 273 g/mol. The Morgan fingerprint density at radius 3 is 2.75 bits per heavy atom. The van der Waals surface area contributed by atoms with Crippen molar-refractivity contribution in [2.24, 2.45) is 0 Å². The summed E-state index contributed by atoms with van der Waals surface area (Å²) >= 11 is 0. The third kappa shape index (κ3) is 3.53. The van der Waals surface area contributed by atoms with Gasteiger partial charge < -0.3 is 15.1 Å². The van der Waals surface area contributed by atoms with E-state index in [-0.39, 0.29) is 0 Å². The van der Waals surface area contributed by atoms with Crippen LogP contribution in [0.1, 0.15) is 30.4 Å². The summed E-state index contributed by atoms with van der Waals surface area (Å²) in [7, 11) is 2.22. The van der Waals surface area contributed by atoms with Gasteiger partial charge in [-0.1, -0.05) is 6.07 Å². The molecule has 0 bridgehead atoms. The molecule has 3 rings (SSSR count). The number of nitrogens with one attached hydrogen (secondary N) is 1. The molecule has 1 saturated heterocycles. The zero-order chi connectivity index (χ0) is 13.9. The van der Waals surface area contributed by atoms with E-state index in [9.17, 15) is 0 Å². The lowest BCUT2D eigenvalue weighted by atomic mass is 10.1. The van der Waals surface area contributed by atoms with Crippen molar-refractivity contribution in [2.75, 3.05) is 38.1 Å². The van der Waals surface area contributed by atoms with Gasteiger partial charge in [0.05, 0.1) is 0 Å². The standard InChI is InChI=1S/C17H27N3/c1-14-12-17(20-9-3-8-19(2)10-11-20)7-4-15(14)13-18-16-5-6-16/h4,7,12,16,18H,3,5-6,8-11,13H2,1-2H3. The average Bonchev–Trinajstić information content (AvgIpc) is 3.25. The van der Waals surface area contributed by atoms with Crippen molar-refractivity contribution in [1.82, 2.24) is 10.2 Å². The minimum Gasteiger partial charge on any atom is -0.370 e. The van der Waals surface area contributed by atoms with Crippen molar-refractivity contribution < 1.29 is 0 Å². The number of rotatable bonds is 4. The molecule has 0 aromatic heterocycles. The highest BCUT2D eigenvalue weighted by Crippen LogP contribution is 2.23. The fourth-order valence-corrected chi connectivity index (χ4v) is 2.92. The molecule has 20 heavy (non-hydrogen) atoms. The van der Waals surface area contributed by atoms with Gasteiger partial charge in [-0.3, -0.25) is 0 Å². The van der Waals surface area contributed by atoms with Crippen molar-refractivity contribution in [3.05, 3.63) is 29.3 Å². The van der Waals surface area contributed by atoms with Crippen LogP contribution in [0.2, 0.25) is 0 Å². The zero-order valence-electron chi connectivity index (χ0n) is 12.9. The Balaban J connectivity index is 1.65. The summed E-state index contributed by atoms with van der Waals surface area (Å²) in [5, 5.41) is 3.61. The molecule has 3 nitrogen and oxygen atoms in total. The summed E-state index contributed by atoms with van der Waals surface area (Å²) < 4.78 is 0. The first-order valence-electron chi connectivity index (χ1n) is 7.99. The third-order valence-electron chi connectivity index (χ3n) is 4.57. The Hall–Kier alpha value is -1.06. The van der Waals surface area contributed by atoms with E-state index in [1.54, 1.807) is 0 Å². The smallest absolute Gasteiger partial charge is 0.0369 e. The van der Waals surface area contributed by atoms with Gasteiger partial charge in [-0.2, -0.15) is 0 Å². The Kier molecular flexibility index (Phi) is 4.27. The van der Waals surface area contributed by atoms with Crippen molar-refractivity contribution in [3.63, 3.8) is 0 Å². The van der Waals surface area contributed by atoms with Gasteiger partial charge in [0, 0.05) is 37.9 Å². The molecule has 110 valence electrons. The van der Waals surface area contributed by atoms with Crippen LogP contribution >= 0.6 is 0 Å². The molecule has 1 saturated carbocycles. The van der Waals surface area contributed by atoms with E-state index < -0.39 is 0 Å². The zero-order valence-corrected chi connectivity index (χ0v) is 12.9. The van der Waals surface area contributed by atoms with E-state index in [1.165, 1.54) is 55.7 Å². The molecule has 0 unspecified atom stereocenters. The molecule has 1 aromatic carbocycles. The van der Waals surface area contributed by atoms with Crippen molar-refractivity contribution >= 4 is 5.69 Å². The number of anilines is 1. The van der Waals surface area contributed by atoms with Gasteiger partial charge in [0.2, 0.25) is 0 Å². The van der Waals surface area contributed by atoms with E-state index in [1.807, 2.05) is 0 Å². The molecular formula is C17H27N3. The van der Waals surface area contributed by atoms with Gasteiger partial charge >= 0.3 is 0 Å². The van der Waals surface area contributed by atoms with Crippen molar-refractivity contribution in [1.29, 1.82) is 0 Å². The predicted molar refractivity (Wildman–Crippen MR) is 85.4 cm³/mol. The number of hydrogen-bond acceptors (Lipinski definition) is 3. The van der Waals surface area contributed by atoms with E-state index in [2.05, 4.69) is 47.3 Å².